The van der Waals surface area contributed by atoms with Crippen molar-refractivity contribution < 1.29 is 56.8 Å². The lowest BCUT2D eigenvalue weighted by Crippen LogP contribution is -2.15. The van der Waals surface area contributed by atoms with E-state index in [9.17, 15) is 0 Å². The second kappa shape index (κ2) is 34.7. The quantitative estimate of drug-likeness (QED) is 0.0826. The van der Waals surface area contributed by atoms with Gasteiger partial charge < -0.3 is 62.6 Å². The fourth-order valence-electron chi connectivity index (χ4n) is 3.38. The third kappa shape index (κ3) is 31.0. The minimum atomic E-state index is 0.476. The summed E-state index contributed by atoms with van der Waals surface area (Å²) in [4.78, 5) is 0. The van der Waals surface area contributed by atoms with Crippen molar-refractivity contribution in [3.8, 4) is 5.75 Å². The molecule has 0 radical (unpaired) electrons. The zero-order chi connectivity index (χ0) is 33.0. The summed E-state index contributed by atoms with van der Waals surface area (Å²) in [6.07, 6.45) is 1.13. The zero-order valence-electron chi connectivity index (χ0n) is 28.3. The summed E-state index contributed by atoms with van der Waals surface area (Å²) < 4.78 is 65.9. The maximum Gasteiger partial charge on any atom is 0.119 e. The van der Waals surface area contributed by atoms with Crippen molar-refractivity contribution in [3.05, 3.63) is 24.3 Å². The lowest BCUT2D eigenvalue weighted by Gasteiger charge is -2.10. The predicted molar refractivity (Wildman–Crippen MR) is 175 cm³/mol. The second-order valence-electron chi connectivity index (χ2n) is 10.1. The highest BCUT2D eigenvalue weighted by Gasteiger charge is 1.99. The molecule has 0 spiro atoms. The van der Waals surface area contributed by atoms with Crippen LogP contribution in [-0.2, 0) is 52.1 Å². The van der Waals surface area contributed by atoms with E-state index in [0.717, 1.165) is 18.8 Å². The molecule has 1 unspecified atom stereocenters. The van der Waals surface area contributed by atoms with E-state index in [-0.39, 0.29) is 0 Å². The summed E-state index contributed by atoms with van der Waals surface area (Å²) in [6.45, 7) is 16.7. The molecule has 0 fully saturated rings. The van der Waals surface area contributed by atoms with Crippen LogP contribution in [0.25, 0.3) is 0 Å². The molecule has 0 bridgehead atoms. The van der Waals surface area contributed by atoms with Crippen LogP contribution in [0.15, 0.2) is 24.3 Å². The molecule has 1 atom stereocenters. The van der Waals surface area contributed by atoms with Crippen LogP contribution in [0.3, 0.4) is 0 Å². The molecular weight excluding hydrogens is 602 g/mol. The largest absolute Gasteiger partial charge is 0.491 e. The average Bonchev–Trinajstić information content (AvgIpc) is 3.07. The van der Waals surface area contributed by atoms with Gasteiger partial charge in [0, 0.05) is 12.3 Å². The number of anilines is 1. The topological polar surface area (TPSA) is 137 Å². The van der Waals surface area contributed by atoms with Gasteiger partial charge in [-0.25, -0.2) is 0 Å². The van der Waals surface area contributed by atoms with Crippen LogP contribution in [0.2, 0.25) is 0 Å². The molecule has 1 aromatic rings. The van der Waals surface area contributed by atoms with Gasteiger partial charge in [-0.05, 0) is 30.2 Å². The van der Waals surface area contributed by atoms with E-state index >= 15 is 0 Å². The van der Waals surface area contributed by atoms with Gasteiger partial charge in [-0.1, -0.05) is 20.3 Å². The van der Waals surface area contributed by atoms with Crippen molar-refractivity contribution in [2.24, 2.45) is 5.92 Å². The first-order valence-electron chi connectivity index (χ1n) is 16.6. The summed E-state index contributed by atoms with van der Waals surface area (Å²) in [6, 6.07) is 7.27. The van der Waals surface area contributed by atoms with Gasteiger partial charge in [0.25, 0.3) is 0 Å². The van der Waals surface area contributed by atoms with Crippen molar-refractivity contribution in [1.82, 2.24) is 0 Å². The molecule has 0 aromatic heterocycles. The van der Waals surface area contributed by atoms with Crippen LogP contribution in [0.4, 0.5) is 5.69 Å². The molecule has 0 saturated heterocycles. The summed E-state index contributed by atoms with van der Waals surface area (Å²) >= 11 is 0. The number of nitrogen functional groups attached to an aromatic ring is 1. The molecule has 2 N–H and O–H groups in total. The van der Waals surface area contributed by atoms with Crippen molar-refractivity contribution >= 4 is 5.69 Å². The van der Waals surface area contributed by atoms with Crippen LogP contribution >= 0.6 is 0 Å². The number of nitrogens with two attached hydrogens (primary N) is 1. The minimum absolute atomic E-state index is 0.476. The molecule has 1 rings (SSSR count). The van der Waals surface area contributed by atoms with Crippen molar-refractivity contribution in [3.63, 3.8) is 0 Å². The first kappa shape index (κ1) is 42.4. The molecule has 1 aromatic carbocycles. The lowest BCUT2D eigenvalue weighted by molar-refractivity contribution is -0.0280. The van der Waals surface area contributed by atoms with Gasteiger partial charge in [0.05, 0.1) is 139 Å². The standard InChI is InChI=1S/C33H61NO12/c1-3-31(2)30-45-27-26-43-23-22-41-19-18-39-15-14-37-11-10-35-8-9-36-12-13-38-16-17-40-20-21-42-24-25-44-28-29-46-33-6-4-32(34)5-7-33/h4-7,31H,3,8-30,34H2,1-2H3. The Labute approximate surface area is 276 Å². The third-order valence-electron chi connectivity index (χ3n) is 6.20. The van der Waals surface area contributed by atoms with Gasteiger partial charge in [0.15, 0.2) is 0 Å². The summed E-state index contributed by atoms with van der Waals surface area (Å²) in [5.74, 6) is 1.37. The fraction of sp³-hybridized carbons (Fsp3) is 0.818. The lowest BCUT2D eigenvalue weighted by atomic mass is 10.1. The number of rotatable bonds is 37. The number of hydrogen-bond acceptors (Lipinski definition) is 13. The summed E-state index contributed by atoms with van der Waals surface area (Å²) in [7, 11) is 0. The normalized spacial score (nSPS) is 12.1. The Hall–Kier alpha value is -1.62. The Bertz CT molecular complexity index is 731. The summed E-state index contributed by atoms with van der Waals surface area (Å²) in [5, 5.41) is 0. The first-order valence-corrected chi connectivity index (χ1v) is 16.6. The van der Waals surface area contributed by atoms with Gasteiger partial charge in [0.1, 0.15) is 12.4 Å². The molecule has 0 aliphatic carbocycles. The summed E-state index contributed by atoms with van der Waals surface area (Å²) in [5.41, 5.74) is 6.35. The molecule has 0 saturated carbocycles. The third-order valence-corrected chi connectivity index (χ3v) is 6.20. The molecular formula is C33H61NO12. The van der Waals surface area contributed by atoms with Gasteiger partial charge in [-0.15, -0.1) is 0 Å². The Balaban J connectivity index is 1.62. The Kier molecular flexibility index (Phi) is 32.0. The van der Waals surface area contributed by atoms with Crippen LogP contribution in [-0.4, -0.2) is 152 Å². The van der Waals surface area contributed by atoms with E-state index in [4.69, 9.17) is 62.6 Å². The molecule has 13 nitrogen and oxygen atoms in total. The van der Waals surface area contributed by atoms with Crippen molar-refractivity contribution in [2.45, 2.75) is 20.3 Å². The Morgan fingerprint density at radius 2 is 0.674 bits per heavy atom. The maximum absolute atomic E-state index is 5.64. The SMILES string of the molecule is CCC(C)COCCOCCOCCOCCOCCOCCOCCOCCOCCOCCOCCOc1ccc(N)cc1. The molecule has 0 aliphatic heterocycles. The Morgan fingerprint density at radius 1 is 0.413 bits per heavy atom. The van der Waals surface area contributed by atoms with E-state index in [1.54, 1.807) is 12.1 Å². The molecule has 46 heavy (non-hydrogen) atoms. The number of hydrogen-bond donors (Lipinski definition) is 1. The van der Waals surface area contributed by atoms with E-state index in [1.807, 2.05) is 12.1 Å². The molecule has 0 amide bonds. The molecule has 13 heteroatoms. The van der Waals surface area contributed by atoms with Gasteiger partial charge in [0.2, 0.25) is 0 Å². The van der Waals surface area contributed by atoms with Gasteiger partial charge in [-0.3, -0.25) is 0 Å². The average molecular weight is 664 g/mol. The first-order chi connectivity index (χ1) is 22.7. The van der Waals surface area contributed by atoms with E-state index in [0.29, 0.717) is 157 Å². The van der Waals surface area contributed by atoms with Crippen LogP contribution in [0.5, 0.6) is 5.75 Å². The van der Waals surface area contributed by atoms with Crippen LogP contribution in [0.1, 0.15) is 20.3 Å². The molecule has 0 aliphatic rings. The zero-order valence-corrected chi connectivity index (χ0v) is 28.3. The van der Waals surface area contributed by atoms with E-state index < -0.39 is 0 Å². The van der Waals surface area contributed by atoms with Crippen molar-refractivity contribution in [2.75, 3.05) is 158 Å². The minimum Gasteiger partial charge on any atom is -0.491 e. The maximum atomic E-state index is 5.64. The highest BCUT2D eigenvalue weighted by Crippen LogP contribution is 2.12. The Morgan fingerprint density at radius 3 is 0.957 bits per heavy atom. The van der Waals surface area contributed by atoms with Crippen molar-refractivity contribution in [1.29, 1.82) is 0 Å². The fourth-order valence-corrected chi connectivity index (χ4v) is 3.38. The van der Waals surface area contributed by atoms with E-state index in [1.165, 1.54) is 0 Å². The monoisotopic (exact) mass is 663 g/mol. The molecule has 0 heterocycles. The second-order valence-corrected chi connectivity index (χ2v) is 10.1. The van der Waals surface area contributed by atoms with Gasteiger partial charge in [-0.2, -0.15) is 0 Å². The van der Waals surface area contributed by atoms with E-state index in [2.05, 4.69) is 13.8 Å². The number of ether oxygens (including phenoxy) is 12. The van der Waals surface area contributed by atoms with Gasteiger partial charge >= 0.3 is 0 Å². The predicted octanol–water partition coefficient (Wildman–Crippen LogP) is 2.88. The number of benzene rings is 1. The molecule has 270 valence electrons. The highest BCUT2D eigenvalue weighted by molar-refractivity contribution is 5.41. The smallest absolute Gasteiger partial charge is 0.119 e. The van der Waals surface area contributed by atoms with Crippen LogP contribution in [0, 0.1) is 5.92 Å². The highest BCUT2D eigenvalue weighted by atomic mass is 16.6. The van der Waals surface area contributed by atoms with Crippen LogP contribution < -0.4 is 10.5 Å².